The summed E-state index contributed by atoms with van der Waals surface area (Å²) in [6.45, 7) is 3.06. The lowest BCUT2D eigenvalue weighted by Crippen LogP contribution is -2.26. The zero-order valence-electron chi connectivity index (χ0n) is 10.8. The van der Waals surface area contributed by atoms with E-state index in [-0.39, 0.29) is 5.69 Å². The Morgan fingerprint density at radius 3 is 2.83 bits per heavy atom. The van der Waals surface area contributed by atoms with Gasteiger partial charge in [-0.15, -0.1) is 10.2 Å². The summed E-state index contributed by atoms with van der Waals surface area (Å²) in [7, 11) is 4.17. The molecule has 2 N–H and O–H groups in total. The Balaban J connectivity index is 1.99. The van der Waals surface area contributed by atoms with E-state index in [1.165, 1.54) is 0 Å². The molecule has 2 heterocycles. The Morgan fingerprint density at radius 1 is 1.50 bits per heavy atom. The number of rotatable bonds is 4. The lowest BCUT2D eigenvalue weighted by Gasteiger charge is -2.18. The van der Waals surface area contributed by atoms with Gasteiger partial charge in [0.1, 0.15) is 0 Å². The Bertz CT molecular complexity index is 417. The van der Waals surface area contributed by atoms with Gasteiger partial charge in [0.25, 0.3) is 5.91 Å². The van der Waals surface area contributed by atoms with Crippen LogP contribution in [0.5, 0.6) is 0 Å². The molecule has 0 bridgehead atoms. The van der Waals surface area contributed by atoms with Crippen LogP contribution in [0.25, 0.3) is 0 Å². The molecular formula is C12H19N5O. The molecule has 1 saturated heterocycles. The summed E-state index contributed by atoms with van der Waals surface area (Å²) in [5, 5.41) is 7.89. The molecule has 0 aromatic carbocycles. The number of nitrogens with two attached hydrogens (primary N) is 1. The Hall–Kier alpha value is -1.69. The fraction of sp³-hybridized carbons (Fsp3) is 0.583. The average Bonchev–Trinajstić information content (AvgIpc) is 2.76. The number of nitrogens with zero attached hydrogens (tertiary/aromatic N) is 4. The summed E-state index contributed by atoms with van der Waals surface area (Å²) in [6, 6.07) is 3.44. The monoisotopic (exact) mass is 249 g/mol. The maximum Gasteiger partial charge on any atom is 0.269 e. The lowest BCUT2D eigenvalue weighted by atomic mass is 10.1. The molecule has 18 heavy (non-hydrogen) atoms. The summed E-state index contributed by atoms with van der Waals surface area (Å²) in [6.07, 6.45) is 1.16. The van der Waals surface area contributed by atoms with Gasteiger partial charge in [0, 0.05) is 19.6 Å². The third-order valence-corrected chi connectivity index (χ3v) is 3.14. The Labute approximate surface area is 107 Å². The second kappa shape index (κ2) is 5.30. The zero-order valence-corrected chi connectivity index (χ0v) is 10.8. The molecule has 1 amide bonds. The number of hydrogen-bond acceptors (Lipinski definition) is 5. The van der Waals surface area contributed by atoms with Gasteiger partial charge in [-0.2, -0.15) is 0 Å². The SMILES string of the molecule is CN(C)CC1CCN(c2ccc(C(N)=O)nn2)C1. The summed E-state index contributed by atoms with van der Waals surface area (Å²) < 4.78 is 0. The number of amides is 1. The van der Waals surface area contributed by atoms with Crippen LogP contribution in [-0.2, 0) is 0 Å². The van der Waals surface area contributed by atoms with Gasteiger partial charge in [0.15, 0.2) is 11.5 Å². The number of hydrogen-bond donors (Lipinski definition) is 1. The first kappa shape index (κ1) is 12.8. The predicted octanol–water partition coefficient (Wildman–Crippen LogP) is -0.0366. The van der Waals surface area contributed by atoms with Crippen molar-refractivity contribution >= 4 is 11.7 Å². The van der Waals surface area contributed by atoms with Crippen LogP contribution in [-0.4, -0.2) is 54.7 Å². The van der Waals surface area contributed by atoms with Crippen molar-refractivity contribution in [1.82, 2.24) is 15.1 Å². The highest BCUT2D eigenvalue weighted by Gasteiger charge is 2.24. The minimum atomic E-state index is -0.541. The van der Waals surface area contributed by atoms with Crippen LogP contribution in [0, 0.1) is 5.92 Å². The molecule has 6 nitrogen and oxygen atoms in total. The Morgan fingerprint density at radius 2 is 2.28 bits per heavy atom. The van der Waals surface area contributed by atoms with Gasteiger partial charge in [-0.3, -0.25) is 4.79 Å². The summed E-state index contributed by atoms with van der Waals surface area (Å²) in [5.41, 5.74) is 5.34. The van der Waals surface area contributed by atoms with Crippen LogP contribution >= 0.6 is 0 Å². The summed E-state index contributed by atoms with van der Waals surface area (Å²) in [4.78, 5) is 15.3. The fourth-order valence-electron chi connectivity index (χ4n) is 2.33. The van der Waals surface area contributed by atoms with E-state index in [9.17, 15) is 4.79 Å². The summed E-state index contributed by atoms with van der Waals surface area (Å²) >= 11 is 0. The van der Waals surface area contributed by atoms with Crippen molar-refractivity contribution in [2.75, 3.05) is 38.6 Å². The normalized spacial score (nSPS) is 19.5. The van der Waals surface area contributed by atoms with Gasteiger partial charge < -0.3 is 15.5 Å². The van der Waals surface area contributed by atoms with Gasteiger partial charge in [0.05, 0.1) is 0 Å². The van der Waals surface area contributed by atoms with Crippen molar-refractivity contribution in [2.24, 2.45) is 11.7 Å². The van der Waals surface area contributed by atoms with Gasteiger partial charge in [0.2, 0.25) is 0 Å². The molecule has 1 aliphatic heterocycles. The van der Waals surface area contributed by atoms with Gasteiger partial charge in [-0.1, -0.05) is 0 Å². The molecular weight excluding hydrogens is 230 g/mol. The fourth-order valence-corrected chi connectivity index (χ4v) is 2.33. The predicted molar refractivity (Wildman–Crippen MR) is 69.4 cm³/mol. The molecule has 98 valence electrons. The van der Waals surface area contributed by atoms with E-state index < -0.39 is 5.91 Å². The number of primary amides is 1. The first-order chi connectivity index (χ1) is 8.56. The molecule has 0 saturated carbocycles. The maximum absolute atomic E-state index is 10.9. The van der Waals surface area contributed by atoms with Crippen molar-refractivity contribution < 1.29 is 4.79 Å². The van der Waals surface area contributed by atoms with E-state index in [2.05, 4.69) is 34.1 Å². The second-order valence-electron chi connectivity index (χ2n) is 5.00. The zero-order chi connectivity index (χ0) is 13.1. The molecule has 6 heteroatoms. The molecule has 0 radical (unpaired) electrons. The average molecular weight is 249 g/mol. The largest absolute Gasteiger partial charge is 0.364 e. The number of aromatic nitrogens is 2. The standard InChI is InChI=1S/C12H19N5O/c1-16(2)7-9-5-6-17(8-9)11-4-3-10(12(13)18)14-15-11/h3-4,9H,5-8H2,1-2H3,(H2,13,18). The molecule has 1 aliphatic rings. The van der Waals surface area contributed by atoms with E-state index in [1.807, 2.05) is 6.07 Å². The molecule has 0 spiro atoms. The van der Waals surface area contributed by atoms with E-state index in [4.69, 9.17) is 5.73 Å². The van der Waals surface area contributed by atoms with E-state index in [1.54, 1.807) is 6.07 Å². The van der Waals surface area contributed by atoms with Crippen LogP contribution in [0.4, 0.5) is 5.82 Å². The van der Waals surface area contributed by atoms with Crippen molar-refractivity contribution in [1.29, 1.82) is 0 Å². The van der Waals surface area contributed by atoms with Gasteiger partial charge in [-0.25, -0.2) is 0 Å². The van der Waals surface area contributed by atoms with Crippen LogP contribution < -0.4 is 10.6 Å². The van der Waals surface area contributed by atoms with Crippen molar-refractivity contribution in [3.05, 3.63) is 17.8 Å². The lowest BCUT2D eigenvalue weighted by molar-refractivity contribution is 0.0994. The van der Waals surface area contributed by atoms with E-state index in [0.717, 1.165) is 31.9 Å². The summed E-state index contributed by atoms with van der Waals surface area (Å²) in [5.74, 6) is 0.944. The van der Waals surface area contributed by atoms with Crippen LogP contribution in [0.2, 0.25) is 0 Å². The van der Waals surface area contributed by atoms with Crippen LogP contribution in [0.1, 0.15) is 16.9 Å². The molecule has 1 unspecified atom stereocenters. The first-order valence-corrected chi connectivity index (χ1v) is 6.09. The second-order valence-corrected chi connectivity index (χ2v) is 5.00. The molecule has 0 aliphatic carbocycles. The number of carbonyl (C=O) groups excluding carboxylic acids is 1. The van der Waals surface area contributed by atoms with Crippen LogP contribution in [0.3, 0.4) is 0 Å². The van der Waals surface area contributed by atoms with Crippen molar-refractivity contribution in [2.45, 2.75) is 6.42 Å². The highest BCUT2D eigenvalue weighted by atomic mass is 16.1. The third-order valence-electron chi connectivity index (χ3n) is 3.14. The molecule has 2 rings (SSSR count). The molecule has 1 aromatic heterocycles. The highest BCUT2D eigenvalue weighted by Crippen LogP contribution is 2.21. The topological polar surface area (TPSA) is 75.3 Å². The van der Waals surface area contributed by atoms with E-state index in [0.29, 0.717) is 5.92 Å². The van der Waals surface area contributed by atoms with Gasteiger partial charge >= 0.3 is 0 Å². The van der Waals surface area contributed by atoms with Crippen LogP contribution in [0.15, 0.2) is 12.1 Å². The Kier molecular flexibility index (Phi) is 3.76. The van der Waals surface area contributed by atoms with E-state index >= 15 is 0 Å². The van der Waals surface area contributed by atoms with Gasteiger partial charge in [-0.05, 0) is 38.6 Å². The number of anilines is 1. The molecule has 1 fully saturated rings. The highest BCUT2D eigenvalue weighted by molar-refractivity contribution is 5.90. The quantitative estimate of drug-likeness (QED) is 0.810. The smallest absolute Gasteiger partial charge is 0.269 e. The molecule has 1 aromatic rings. The minimum absolute atomic E-state index is 0.211. The molecule has 1 atom stereocenters. The van der Waals surface area contributed by atoms with Crippen molar-refractivity contribution in [3.63, 3.8) is 0 Å². The number of carbonyl (C=O) groups is 1. The minimum Gasteiger partial charge on any atom is -0.364 e. The maximum atomic E-state index is 10.9. The van der Waals surface area contributed by atoms with Crippen molar-refractivity contribution in [3.8, 4) is 0 Å². The third kappa shape index (κ3) is 2.95. The first-order valence-electron chi connectivity index (χ1n) is 6.09.